The highest BCUT2D eigenvalue weighted by molar-refractivity contribution is 6.05. The van der Waals surface area contributed by atoms with Gasteiger partial charge in [-0.2, -0.15) is 0 Å². The third kappa shape index (κ3) is 4.13. The zero-order chi connectivity index (χ0) is 21.4. The molecule has 4 heterocycles. The predicted molar refractivity (Wildman–Crippen MR) is 116 cm³/mol. The van der Waals surface area contributed by atoms with Crippen molar-refractivity contribution in [3.05, 3.63) is 34.9 Å². The topological polar surface area (TPSA) is 81.8 Å². The molecule has 166 valence electrons. The Labute approximate surface area is 183 Å². The fourth-order valence-electron chi connectivity index (χ4n) is 5.94. The Balaban J connectivity index is 1.29. The molecule has 2 N–H and O–H groups in total. The molecule has 3 fully saturated rings. The van der Waals surface area contributed by atoms with Crippen molar-refractivity contribution in [2.75, 3.05) is 26.2 Å². The van der Waals surface area contributed by atoms with E-state index in [-0.39, 0.29) is 24.1 Å². The molecular weight excluding hydrogens is 392 g/mol. The van der Waals surface area contributed by atoms with Gasteiger partial charge in [-0.25, -0.2) is 0 Å². The number of imide groups is 1. The van der Waals surface area contributed by atoms with Crippen molar-refractivity contribution in [3.63, 3.8) is 0 Å². The lowest BCUT2D eigenvalue weighted by Gasteiger charge is -2.39. The van der Waals surface area contributed by atoms with Crippen molar-refractivity contribution in [3.8, 4) is 0 Å². The summed E-state index contributed by atoms with van der Waals surface area (Å²) in [5.41, 5.74) is 2.97. The van der Waals surface area contributed by atoms with Crippen LogP contribution in [0, 0.1) is 11.8 Å². The van der Waals surface area contributed by atoms with E-state index in [0.717, 1.165) is 50.1 Å². The predicted octanol–water partition coefficient (Wildman–Crippen LogP) is 1.66. The number of nitrogens with zero attached hydrogens (tertiary/aromatic N) is 2. The SMILES string of the molecule is O=C1CCC(N2Cc3c(CN4CCCC(C5CCCNC5)C4)cccc3C2=O)C(=O)N1. The number of fused-ring (bicyclic) bond motifs is 1. The largest absolute Gasteiger partial charge is 0.322 e. The molecule has 3 unspecified atom stereocenters. The Morgan fingerprint density at radius 3 is 2.71 bits per heavy atom. The summed E-state index contributed by atoms with van der Waals surface area (Å²) >= 11 is 0. The number of nitrogens with one attached hydrogen (secondary N) is 2. The highest BCUT2D eigenvalue weighted by Crippen LogP contribution is 2.33. The first kappa shape index (κ1) is 20.6. The van der Waals surface area contributed by atoms with Gasteiger partial charge in [-0.05, 0) is 80.8 Å². The Morgan fingerprint density at radius 2 is 1.90 bits per heavy atom. The molecule has 1 aromatic rings. The molecule has 0 aromatic heterocycles. The van der Waals surface area contributed by atoms with Gasteiger partial charge in [0.2, 0.25) is 11.8 Å². The zero-order valence-corrected chi connectivity index (χ0v) is 18.1. The van der Waals surface area contributed by atoms with Crippen LogP contribution in [0.5, 0.6) is 0 Å². The van der Waals surface area contributed by atoms with E-state index in [1.165, 1.54) is 31.2 Å². The van der Waals surface area contributed by atoms with Crippen molar-refractivity contribution in [2.45, 2.75) is 57.7 Å². The molecule has 0 bridgehead atoms. The number of carbonyl (C=O) groups excluding carboxylic acids is 3. The second-order valence-electron chi connectivity index (χ2n) is 9.59. The Hall–Kier alpha value is -2.25. The minimum Gasteiger partial charge on any atom is -0.322 e. The Kier molecular flexibility index (Phi) is 5.80. The van der Waals surface area contributed by atoms with Crippen molar-refractivity contribution in [1.29, 1.82) is 0 Å². The van der Waals surface area contributed by atoms with Crippen LogP contribution in [0.2, 0.25) is 0 Å². The maximum absolute atomic E-state index is 13.1. The van der Waals surface area contributed by atoms with E-state index in [0.29, 0.717) is 18.5 Å². The van der Waals surface area contributed by atoms with E-state index in [9.17, 15) is 14.4 Å². The lowest BCUT2D eigenvalue weighted by Crippen LogP contribution is -2.52. The molecule has 0 saturated carbocycles. The monoisotopic (exact) mass is 424 g/mol. The summed E-state index contributed by atoms with van der Waals surface area (Å²) in [6, 6.07) is 5.42. The van der Waals surface area contributed by atoms with Crippen molar-refractivity contribution in [1.82, 2.24) is 20.4 Å². The standard InChI is InChI=1S/C24H32N4O3/c29-22-9-8-21(23(30)26-22)28-15-20-18(4-1-7-19(20)24(28)31)14-27-11-3-6-17(13-27)16-5-2-10-25-12-16/h1,4,7,16-17,21,25H,2-3,5-6,8-15H2,(H,26,29,30). The molecule has 0 radical (unpaired) electrons. The van der Waals surface area contributed by atoms with Crippen LogP contribution in [0.4, 0.5) is 0 Å². The molecule has 5 rings (SSSR count). The van der Waals surface area contributed by atoms with Crippen LogP contribution in [0.1, 0.15) is 60.0 Å². The smallest absolute Gasteiger partial charge is 0.255 e. The maximum atomic E-state index is 13.1. The van der Waals surface area contributed by atoms with E-state index >= 15 is 0 Å². The molecule has 31 heavy (non-hydrogen) atoms. The average Bonchev–Trinajstić information content (AvgIpc) is 3.12. The van der Waals surface area contributed by atoms with Crippen LogP contribution < -0.4 is 10.6 Å². The van der Waals surface area contributed by atoms with E-state index in [1.807, 2.05) is 12.1 Å². The van der Waals surface area contributed by atoms with Gasteiger partial charge in [0.15, 0.2) is 0 Å². The summed E-state index contributed by atoms with van der Waals surface area (Å²) in [7, 11) is 0. The van der Waals surface area contributed by atoms with Crippen LogP contribution in [0.15, 0.2) is 18.2 Å². The zero-order valence-electron chi connectivity index (χ0n) is 18.1. The molecule has 7 heteroatoms. The summed E-state index contributed by atoms with van der Waals surface area (Å²) < 4.78 is 0. The van der Waals surface area contributed by atoms with Crippen LogP contribution in [-0.4, -0.2) is 59.7 Å². The fraction of sp³-hybridized carbons (Fsp3) is 0.625. The number of hydrogen-bond donors (Lipinski definition) is 2. The molecule has 1 aromatic carbocycles. The number of carbonyl (C=O) groups is 3. The van der Waals surface area contributed by atoms with E-state index in [2.05, 4.69) is 21.6 Å². The third-order valence-corrected chi connectivity index (χ3v) is 7.62. The number of hydrogen-bond acceptors (Lipinski definition) is 5. The first-order valence-corrected chi connectivity index (χ1v) is 11.8. The molecule has 7 nitrogen and oxygen atoms in total. The Bertz CT molecular complexity index is 880. The molecule has 3 saturated heterocycles. The number of rotatable bonds is 4. The van der Waals surface area contributed by atoms with Gasteiger partial charge in [0.25, 0.3) is 5.91 Å². The van der Waals surface area contributed by atoms with Gasteiger partial charge in [0.05, 0.1) is 0 Å². The van der Waals surface area contributed by atoms with Gasteiger partial charge in [-0.15, -0.1) is 0 Å². The molecule has 4 aliphatic heterocycles. The summed E-state index contributed by atoms with van der Waals surface area (Å²) in [6.07, 6.45) is 5.86. The van der Waals surface area contributed by atoms with Gasteiger partial charge in [0.1, 0.15) is 6.04 Å². The van der Waals surface area contributed by atoms with Crippen LogP contribution in [-0.2, 0) is 22.7 Å². The number of likely N-dealkylation sites (tertiary alicyclic amines) is 1. The summed E-state index contributed by atoms with van der Waals surface area (Å²) in [5, 5.41) is 5.95. The summed E-state index contributed by atoms with van der Waals surface area (Å²) in [6.45, 7) is 5.85. The normalized spacial score (nSPS) is 29.7. The van der Waals surface area contributed by atoms with E-state index in [4.69, 9.17) is 0 Å². The number of amides is 3. The fourth-order valence-corrected chi connectivity index (χ4v) is 5.94. The number of piperidine rings is 3. The van der Waals surface area contributed by atoms with Gasteiger partial charge in [0, 0.05) is 31.6 Å². The van der Waals surface area contributed by atoms with Crippen LogP contribution in [0.25, 0.3) is 0 Å². The Morgan fingerprint density at radius 1 is 1.03 bits per heavy atom. The molecular formula is C24H32N4O3. The van der Waals surface area contributed by atoms with Crippen molar-refractivity contribution < 1.29 is 14.4 Å². The van der Waals surface area contributed by atoms with Crippen LogP contribution in [0.3, 0.4) is 0 Å². The van der Waals surface area contributed by atoms with Crippen LogP contribution >= 0.6 is 0 Å². The van der Waals surface area contributed by atoms with Gasteiger partial charge in [-0.3, -0.25) is 24.6 Å². The van der Waals surface area contributed by atoms with E-state index < -0.39 is 6.04 Å². The van der Waals surface area contributed by atoms with Crippen molar-refractivity contribution >= 4 is 17.7 Å². The van der Waals surface area contributed by atoms with Crippen molar-refractivity contribution in [2.24, 2.45) is 11.8 Å². The minimum absolute atomic E-state index is 0.0869. The highest BCUT2D eigenvalue weighted by Gasteiger charge is 2.40. The second-order valence-corrected chi connectivity index (χ2v) is 9.59. The average molecular weight is 425 g/mol. The lowest BCUT2D eigenvalue weighted by atomic mass is 9.81. The van der Waals surface area contributed by atoms with Gasteiger partial charge in [-0.1, -0.05) is 12.1 Å². The molecule has 3 atom stereocenters. The summed E-state index contributed by atoms with van der Waals surface area (Å²) in [5.74, 6) is 0.844. The summed E-state index contributed by atoms with van der Waals surface area (Å²) in [4.78, 5) is 41.1. The van der Waals surface area contributed by atoms with E-state index in [1.54, 1.807) is 4.90 Å². The molecule has 4 aliphatic rings. The highest BCUT2D eigenvalue weighted by atomic mass is 16.2. The molecule has 3 amide bonds. The second kappa shape index (κ2) is 8.71. The first-order chi connectivity index (χ1) is 15.1. The molecule has 0 aliphatic carbocycles. The lowest BCUT2D eigenvalue weighted by molar-refractivity contribution is -0.136. The minimum atomic E-state index is -0.552. The maximum Gasteiger partial charge on any atom is 0.255 e. The first-order valence-electron chi connectivity index (χ1n) is 11.8. The van der Waals surface area contributed by atoms with Gasteiger partial charge >= 0.3 is 0 Å². The third-order valence-electron chi connectivity index (χ3n) is 7.62. The van der Waals surface area contributed by atoms with Gasteiger partial charge < -0.3 is 10.2 Å². The number of benzene rings is 1. The quantitative estimate of drug-likeness (QED) is 0.719. The molecule has 0 spiro atoms.